The second-order valence-electron chi connectivity index (χ2n) is 4.35. The van der Waals surface area contributed by atoms with Crippen LogP contribution < -0.4 is 0 Å². The number of carboxylic acid groups (broad SMARTS) is 1. The van der Waals surface area contributed by atoms with E-state index < -0.39 is 18.2 Å². The van der Waals surface area contributed by atoms with E-state index >= 15 is 0 Å². The molecule has 6 nitrogen and oxygen atoms in total. The van der Waals surface area contributed by atoms with E-state index in [9.17, 15) is 9.59 Å². The lowest BCUT2D eigenvalue weighted by molar-refractivity contribution is -0.162. The third-order valence-corrected chi connectivity index (χ3v) is 2.87. The van der Waals surface area contributed by atoms with Crippen LogP contribution in [0.25, 0.3) is 0 Å². The molecular weight excluding hydrogens is 238 g/mol. The molecule has 0 saturated carbocycles. The van der Waals surface area contributed by atoms with E-state index in [1.807, 2.05) is 0 Å². The summed E-state index contributed by atoms with van der Waals surface area (Å²) in [6, 6.07) is 0. The molecule has 1 amide bonds. The van der Waals surface area contributed by atoms with Crippen molar-refractivity contribution < 1.29 is 24.2 Å². The zero-order chi connectivity index (χ0) is 13.5. The van der Waals surface area contributed by atoms with E-state index in [4.69, 9.17) is 14.6 Å². The van der Waals surface area contributed by atoms with E-state index in [-0.39, 0.29) is 19.1 Å². The van der Waals surface area contributed by atoms with Gasteiger partial charge in [0.25, 0.3) is 5.91 Å². The lowest BCUT2D eigenvalue weighted by Crippen LogP contribution is -2.51. The maximum atomic E-state index is 12.0. The average Bonchev–Trinajstić information content (AvgIpc) is 2.38. The molecule has 0 spiro atoms. The molecule has 1 fully saturated rings. The van der Waals surface area contributed by atoms with Crippen LogP contribution in [0.5, 0.6) is 0 Å². The molecule has 1 N–H and O–H groups in total. The van der Waals surface area contributed by atoms with Crippen molar-refractivity contribution in [2.45, 2.75) is 38.9 Å². The summed E-state index contributed by atoms with van der Waals surface area (Å²) >= 11 is 0. The molecule has 1 heterocycles. The minimum atomic E-state index is -1.04. The quantitative estimate of drug-likeness (QED) is 0.703. The number of carbonyl (C=O) groups excluding carboxylic acids is 1. The molecule has 1 aliphatic heterocycles. The van der Waals surface area contributed by atoms with Gasteiger partial charge in [-0.2, -0.15) is 0 Å². The van der Waals surface area contributed by atoms with E-state index in [0.717, 1.165) is 12.8 Å². The third kappa shape index (κ3) is 4.27. The van der Waals surface area contributed by atoms with Crippen LogP contribution in [0.1, 0.15) is 26.7 Å². The van der Waals surface area contributed by atoms with Gasteiger partial charge < -0.3 is 19.5 Å². The van der Waals surface area contributed by atoms with Crippen LogP contribution in [-0.2, 0) is 19.1 Å². The van der Waals surface area contributed by atoms with Gasteiger partial charge in [-0.25, -0.2) is 4.79 Å². The summed E-state index contributed by atoms with van der Waals surface area (Å²) in [6.45, 7) is 5.07. The summed E-state index contributed by atoms with van der Waals surface area (Å²) in [4.78, 5) is 24.3. The fourth-order valence-corrected chi connectivity index (χ4v) is 1.73. The van der Waals surface area contributed by atoms with Crippen molar-refractivity contribution in [2.75, 3.05) is 26.3 Å². The van der Waals surface area contributed by atoms with Gasteiger partial charge in [0.2, 0.25) is 0 Å². The molecule has 0 aliphatic carbocycles. The molecule has 0 aromatic rings. The second kappa shape index (κ2) is 7.33. The van der Waals surface area contributed by atoms with E-state index in [1.54, 1.807) is 6.92 Å². The maximum Gasteiger partial charge on any atom is 0.334 e. The molecule has 2 atom stereocenters. The zero-order valence-electron chi connectivity index (χ0n) is 10.9. The molecule has 104 valence electrons. The number of aliphatic carboxylic acids is 1. The number of morpholine rings is 1. The van der Waals surface area contributed by atoms with Crippen molar-refractivity contribution in [2.24, 2.45) is 0 Å². The van der Waals surface area contributed by atoms with Gasteiger partial charge in [-0.15, -0.1) is 0 Å². The molecule has 1 rings (SSSR count). The number of unbranched alkanes of at least 4 members (excludes halogenated alkanes) is 1. The topological polar surface area (TPSA) is 76.1 Å². The van der Waals surface area contributed by atoms with Gasteiger partial charge in [0, 0.05) is 13.2 Å². The first kappa shape index (κ1) is 14.9. The highest BCUT2D eigenvalue weighted by atomic mass is 16.5. The van der Waals surface area contributed by atoms with Crippen molar-refractivity contribution >= 4 is 11.9 Å². The average molecular weight is 259 g/mol. The Kier molecular flexibility index (Phi) is 6.07. The molecule has 0 aromatic carbocycles. The molecule has 1 saturated heterocycles. The molecule has 1 aliphatic rings. The Morgan fingerprint density at radius 3 is 2.89 bits per heavy atom. The summed E-state index contributed by atoms with van der Waals surface area (Å²) in [5, 5.41) is 8.86. The number of hydrogen-bond acceptors (Lipinski definition) is 4. The molecular formula is C12H21NO5. The van der Waals surface area contributed by atoms with Crippen molar-refractivity contribution in [1.29, 1.82) is 0 Å². The van der Waals surface area contributed by atoms with Gasteiger partial charge in [-0.1, -0.05) is 13.3 Å². The lowest BCUT2D eigenvalue weighted by Gasteiger charge is -2.32. The van der Waals surface area contributed by atoms with Crippen molar-refractivity contribution in [3.8, 4) is 0 Å². The SMILES string of the molecule is CCCCO[C@@H](C)C(=O)N1CCO[C@@H](C(=O)O)C1. The molecule has 0 unspecified atom stereocenters. The normalized spacial score (nSPS) is 21.7. The molecule has 0 radical (unpaired) electrons. The maximum absolute atomic E-state index is 12.0. The smallest absolute Gasteiger partial charge is 0.334 e. The van der Waals surface area contributed by atoms with Crippen LogP contribution in [0.3, 0.4) is 0 Å². The standard InChI is InChI=1S/C12H21NO5/c1-3-4-6-17-9(2)11(14)13-5-7-18-10(8-13)12(15)16/h9-10H,3-8H2,1-2H3,(H,15,16)/t9-,10+/m0/s1. The van der Waals surface area contributed by atoms with Crippen molar-refractivity contribution in [3.05, 3.63) is 0 Å². The zero-order valence-corrected chi connectivity index (χ0v) is 10.9. The van der Waals surface area contributed by atoms with Gasteiger partial charge in [-0.3, -0.25) is 4.79 Å². The van der Waals surface area contributed by atoms with Crippen LogP contribution in [0.15, 0.2) is 0 Å². The third-order valence-electron chi connectivity index (χ3n) is 2.87. The highest BCUT2D eigenvalue weighted by molar-refractivity contribution is 5.82. The van der Waals surface area contributed by atoms with Crippen LogP contribution >= 0.6 is 0 Å². The lowest BCUT2D eigenvalue weighted by atomic mass is 10.2. The largest absolute Gasteiger partial charge is 0.479 e. The highest BCUT2D eigenvalue weighted by Crippen LogP contribution is 2.09. The number of nitrogens with zero attached hydrogens (tertiary/aromatic N) is 1. The van der Waals surface area contributed by atoms with Gasteiger partial charge in [0.05, 0.1) is 13.2 Å². The van der Waals surface area contributed by atoms with E-state index in [0.29, 0.717) is 13.2 Å². The first-order chi connectivity index (χ1) is 8.56. The number of hydrogen-bond donors (Lipinski definition) is 1. The number of carboxylic acids is 1. The Labute approximate surface area is 107 Å². The number of amides is 1. The van der Waals surface area contributed by atoms with Crippen LogP contribution in [0.2, 0.25) is 0 Å². The van der Waals surface area contributed by atoms with Crippen molar-refractivity contribution in [1.82, 2.24) is 4.90 Å². The van der Waals surface area contributed by atoms with Crippen LogP contribution in [0, 0.1) is 0 Å². The Hall–Kier alpha value is -1.14. The molecule has 0 aromatic heterocycles. The summed E-state index contributed by atoms with van der Waals surface area (Å²) in [7, 11) is 0. The summed E-state index contributed by atoms with van der Waals surface area (Å²) in [5.74, 6) is -1.20. The van der Waals surface area contributed by atoms with E-state index in [2.05, 4.69) is 6.92 Å². The Morgan fingerprint density at radius 1 is 1.56 bits per heavy atom. The predicted molar refractivity (Wildman–Crippen MR) is 64.3 cm³/mol. The Balaban J connectivity index is 2.42. The Bertz CT molecular complexity index is 294. The van der Waals surface area contributed by atoms with Gasteiger partial charge in [0.15, 0.2) is 6.10 Å². The fourth-order valence-electron chi connectivity index (χ4n) is 1.73. The monoisotopic (exact) mass is 259 g/mol. The summed E-state index contributed by atoms with van der Waals surface area (Å²) < 4.78 is 10.5. The Morgan fingerprint density at radius 2 is 2.28 bits per heavy atom. The first-order valence-corrected chi connectivity index (χ1v) is 6.31. The van der Waals surface area contributed by atoms with Gasteiger partial charge in [-0.05, 0) is 13.3 Å². The molecule has 0 bridgehead atoms. The first-order valence-electron chi connectivity index (χ1n) is 6.31. The predicted octanol–water partition coefficient (Wildman–Crippen LogP) is 0.504. The molecule has 6 heteroatoms. The fraction of sp³-hybridized carbons (Fsp3) is 0.833. The summed E-state index contributed by atoms with van der Waals surface area (Å²) in [6.07, 6.45) is 0.479. The second-order valence-corrected chi connectivity index (χ2v) is 4.35. The van der Waals surface area contributed by atoms with Gasteiger partial charge in [0.1, 0.15) is 6.10 Å². The van der Waals surface area contributed by atoms with E-state index in [1.165, 1.54) is 4.90 Å². The number of ether oxygens (including phenoxy) is 2. The van der Waals surface area contributed by atoms with Gasteiger partial charge >= 0.3 is 5.97 Å². The minimum Gasteiger partial charge on any atom is -0.479 e. The minimum absolute atomic E-state index is 0.0929. The molecule has 18 heavy (non-hydrogen) atoms. The van der Waals surface area contributed by atoms with Crippen molar-refractivity contribution in [3.63, 3.8) is 0 Å². The number of rotatable bonds is 6. The van der Waals surface area contributed by atoms with Crippen LogP contribution in [0.4, 0.5) is 0 Å². The highest BCUT2D eigenvalue weighted by Gasteiger charge is 2.31. The van der Waals surface area contributed by atoms with Crippen LogP contribution in [-0.4, -0.2) is 60.4 Å². The summed E-state index contributed by atoms with van der Waals surface area (Å²) in [5.41, 5.74) is 0. The number of carbonyl (C=O) groups is 2.